The molecule has 3 N–H and O–H groups in total. The number of esters is 3. The van der Waals surface area contributed by atoms with Gasteiger partial charge in [0.2, 0.25) is 0 Å². The van der Waals surface area contributed by atoms with E-state index in [-0.39, 0.29) is 25.9 Å². The van der Waals surface area contributed by atoms with Crippen LogP contribution < -0.4 is 0 Å². The molecule has 1 rings (SSSR count). The molecule has 0 saturated carbocycles. The zero-order valence-corrected chi connectivity index (χ0v) is 51.6. The normalized spacial score (nSPS) is 18.5. The van der Waals surface area contributed by atoms with Gasteiger partial charge in [0.25, 0.3) is 0 Å². The van der Waals surface area contributed by atoms with Crippen molar-refractivity contribution in [3.8, 4) is 0 Å². The average Bonchev–Trinajstić information content (AvgIpc) is 3.59. The first-order chi connectivity index (χ1) is 40.6. The lowest BCUT2D eigenvalue weighted by molar-refractivity contribution is -0.301. The molecule has 0 bridgehead atoms. The Balaban J connectivity index is 2.74. The van der Waals surface area contributed by atoms with E-state index in [1.54, 1.807) is 0 Å². The average molecular weight is 1160 g/mol. The molecule has 6 atom stereocenters. The van der Waals surface area contributed by atoms with Crippen molar-refractivity contribution in [2.45, 2.75) is 276 Å². The van der Waals surface area contributed by atoms with Gasteiger partial charge in [-0.15, -0.1) is 0 Å². The number of carbonyl (C=O) groups excluding carboxylic acids is 3. The van der Waals surface area contributed by atoms with Gasteiger partial charge in [0.15, 0.2) is 24.6 Å². The van der Waals surface area contributed by atoms with Crippen molar-refractivity contribution in [2.75, 3.05) is 13.2 Å². The van der Waals surface area contributed by atoms with Crippen LogP contribution in [-0.4, -0.2) is 89.2 Å². The van der Waals surface area contributed by atoms with E-state index in [0.29, 0.717) is 25.7 Å². The number of aliphatic hydroxyl groups is 2. The highest BCUT2D eigenvalue weighted by atomic mass is 16.7. The second-order valence-corrected chi connectivity index (χ2v) is 21.3. The predicted octanol–water partition coefficient (Wildman–Crippen LogP) is 17.3. The number of aliphatic hydroxyl groups excluding tert-OH is 2. The van der Waals surface area contributed by atoms with Gasteiger partial charge in [-0.05, 0) is 128 Å². The summed E-state index contributed by atoms with van der Waals surface area (Å²) in [5.41, 5.74) is 0. The van der Waals surface area contributed by atoms with Crippen molar-refractivity contribution in [1.82, 2.24) is 0 Å². The van der Waals surface area contributed by atoms with Gasteiger partial charge < -0.3 is 39.0 Å². The molecule has 0 spiro atoms. The van der Waals surface area contributed by atoms with E-state index in [2.05, 4.69) is 142 Å². The standard InChI is InChI=1S/C71H112O12/c1-4-7-10-13-16-19-22-25-28-31-32-35-36-39-42-45-48-51-54-57-63(72)79-60-62(81-64(73)58-55-52-49-46-43-40-37-33-29-26-23-20-17-14-11-8-5-2)61-80-71-69(67(76)66(75)68(83-71)70(77)78)82-65(74)59-56-53-50-47-44-41-38-34-30-27-24-21-18-15-12-9-6-3/h7,9-10,12,16,18-19,21,25-30,32,35,38-39,41-42,47,50,62,66-69,71,75-76H,4-6,8,11,13-15,17,20,22-24,31,33-34,36-37,40,43-46,48-49,51-61H2,1-3H3,(H,77,78)/b10-7-,12-9-,19-16-,21-18-,28-25-,29-26-,30-27-,35-32-,41-38-,42-39-,50-47-. The Morgan fingerprint density at radius 3 is 1.22 bits per heavy atom. The second-order valence-electron chi connectivity index (χ2n) is 21.3. The molecule has 0 aromatic carbocycles. The molecule has 83 heavy (non-hydrogen) atoms. The Hall–Kier alpha value is -5.14. The summed E-state index contributed by atoms with van der Waals surface area (Å²) in [7, 11) is 0. The summed E-state index contributed by atoms with van der Waals surface area (Å²) in [6.45, 7) is 5.71. The van der Waals surface area contributed by atoms with Crippen molar-refractivity contribution < 1.29 is 58.2 Å². The summed E-state index contributed by atoms with van der Waals surface area (Å²) >= 11 is 0. The molecular formula is C71H112O12. The van der Waals surface area contributed by atoms with Crippen molar-refractivity contribution in [3.05, 3.63) is 134 Å². The van der Waals surface area contributed by atoms with Crippen molar-refractivity contribution in [1.29, 1.82) is 0 Å². The van der Waals surface area contributed by atoms with Crippen LogP contribution in [0.15, 0.2) is 134 Å². The summed E-state index contributed by atoms with van der Waals surface area (Å²) < 4.78 is 28.4. The number of ether oxygens (including phenoxy) is 5. The Kier molecular flexibility index (Phi) is 52.4. The van der Waals surface area contributed by atoms with E-state index in [9.17, 15) is 34.5 Å². The van der Waals surface area contributed by atoms with E-state index in [1.807, 2.05) is 12.2 Å². The molecule has 1 saturated heterocycles. The molecule has 0 aliphatic carbocycles. The van der Waals surface area contributed by atoms with Crippen LogP contribution in [0.25, 0.3) is 0 Å². The van der Waals surface area contributed by atoms with E-state index >= 15 is 0 Å². The Morgan fingerprint density at radius 1 is 0.410 bits per heavy atom. The lowest BCUT2D eigenvalue weighted by atomic mass is 9.98. The van der Waals surface area contributed by atoms with E-state index in [1.165, 1.54) is 57.8 Å². The van der Waals surface area contributed by atoms with Gasteiger partial charge in [-0.1, -0.05) is 225 Å². The molecule has 0 aromatic heterocycles. The quantitative estimate of drug-likeness (QED) is 0.0228. The van der Waals surface area contributed by atoms with Crippen molar-refractivity contribution >= 4 is 23.9 Å². The van der Waals surface area contributed by atoms with E-state index in [4.69, 9.17) is 23.7 Å². The Labute approximate surface area is 502 Å². The highest BCUT2D eigenvalue weighted by molar-refractivity contribution is 5.74. The fourth-order valence-electron chi connectivity index (χ4n) is 8.84. The van der Waals surface area contributed by atoms with Crippen molar-refractivity contribution in [3.63, 3.8) is 0 Å². The molecule has 1 aliphatic heterocycles. The van der Waals surface area contributed by atoms with Crippen LogP contribution >= 0.6 is 0 Å². The lowest BCUT2D eigenvalue weighted by Gasteiger charge is -2.40. The number of carbonyl (C=O) groups is 4. The highest BCUT2D eigenvalue weighted by Crippen LogP contribution is 2.26. The monoisotopic (exact) mass is 1160 g/mol. The van der Waals surface area contributed by atoms with Gasteiger partial charge in [-0.3, -0.25) is 14.4 Å². The largest absolute Gasteiger partial charge is 0.479 e. The maximum atomic E-state index is 13.2. The number of carboxylic acid groups (broad SMARTS) is 1. The number of allylic oxidation sites excluding steroid dienone is 22. The van der Waals surface area contributed by atoms with Crippen LogP contribution in [0.4, 0.5) is 0 Å². The van der Waals surface area contributed by atoms with Gasteiger partial charge in [-0.25, -0.2) is 4.79 Å². The number of hydrogen-bond acceptors (Lipinski definition) is 11. The number of aliphatic carboxylic acids is 1. The number of rotatable bonds is 53. The Bertz CT molecular complexity index is 1950. The molecule has 1 heterocycles. The first-order valence-corrected chi connectivity index (χ1v) is 32.2. The third kappa shape index (κ3) is 46.9. The first kappa shape index (κ1) is 75.9. The minimum Gasteiger partial charge on any atom is -0.479 e. The zero-order chi connectivity index (χ0) is 60.3. The summed E-state index contributed by atoms with van der Waals surface area (Å²) in [4.78, 5) is 51.3. The van der Waals surface area contributed by atoms with Crippen LogP contribution in [0.2, 0.25) is 0 Å². The van der Waals surface area contributed by atoms with E-state index in [0.717, 1.165) is 116 Å². The molecule has 1 fully saturated rings. The summed E-state index contributed by atoms with van der Waals surface area (Å²) in [5.74, 6) is -3.26. The molecule has 6 unspecified atom stereocenters. The third-order valence-corrected chi connectivity index (χ3v) is 13.7. The second kappa shape index (κ2) is 57.3. The summed E-state index contributed by atoms with van der Waals surface area (Å²) in [5, 5.41) is 31.6. The van der Waals surface area contributed by atoms with Gasteiger partial charge in [0, 0.05) is 19.3 Å². The summed E-state index contributed by atoms with van der Waals surface area (Å²) in [6.07, 6.45) is 68.4. The van der Waals surface area contributed by atoms with Crippen LogP contribution in [0.3, 0.4) is 0 Å². The number of carboxylic acids is 1. The van der Waals surface area contributed by atoms with Crippen LogP contribution in [0, 0.1) is 0 Å². The van der Waals surface area contributed by atoms with Crippen molar-refractivity contribution in [2.24, 2.45) is 0 Å². The smallest absolute Gasteiger partial charge is 0.335 e. The maximum Gasteiger partial charge on any atom is 0.335 e. The maximum absolute atomic E-state index is 13.2. The number of unbranched alkanes of at least 4 members (excludes halogenated alkanes) is 17. The molecule has 0 radical (unpaired) electrons. The predicted molar refractivity (Wildman–Crippen MR) is 340 cm³/mol. The molecule has 0 amide bonds. The van der Waals surface area contributed by atoms with Gasteiger partial charge in [-0.2, -0.15) is 0 Å². The van der Waals surface area contributed by atoms with Gasteiger partial charge in [0.05, 0.1) is 6.61 Å². The summed E-state index contributed by atoms with van der Waals surface area (Å²) in [6, 6.07) is 0. The zero-order valence-electron chi connectivity index (χ0n) is 51.6. The van der Waals surface area contributed by atoms with Crippen LogP contribution in [-0.2, 0) is 42.9 Å². The third-order valence-electron chi connectivity index (χ3n) is 13.7. The fraction of sp³-hybridized carbons (Fsp3) is 0.634. The molecular weight excluding hydrogens is 1040 g/mol. The highest BCUT2D eigenvalue weighted by Gasteiger charge is 2.50. The van der Waals surface area contributed by atoms with Gasteiger partial charge >= 0.3 is 23.9 Å². The van der Waals surface area contributed by atoms with Crippen LogP contribution in [0.1, 0.15) is 239 Å². The van der Waals surface area contributed by atoms with Crippen LogP contribution in [0.5, 0.6) is 0 Å². The van der Waals surface area contributed by atoms with E-state index < -0.39 is 67.3 Å². The molecule has 12 heteroatoms. The topological polar surface area (TPSA) is 175 Å². The fourth-order valence-corrected chi connectivity index (χ4v) is 8.84. The minimum atomic E-state index is -1.94. The minimum absolute atomic E-state index is 0.0285. The number of hydrogen-bond donors (Lipinski definition) is 3. The lowest BCUT2D eigenvalue weighted by Crippen LogP contribution is -2.61. The molecule has 1 aliphatic rings. The SMILES string of the molecule is CC/C=C\C/C=C\C/C=C\C/C=C\C/C=C\CCCCCC(=O)OCC(COC1OC(C(=O)O)C(O)C(O)C1OC(=O)CCC/C=C\C/C=C\C/C=C\C/C=C\C/C=C\CC)OC(=O)CCCCCCCCC/C=C\CCCCCCCC. The molecule has 468 valence electrons. The molecule has 0 aromatic rings. The Morgan fingerprint density at radius 2 is 0.771 bits per heavy atom. The first-order valence-electron chi connectivity index (χ1n) is 32.2. The molecule has 12 nitrogen and oxygen atoms in total. The van der Waals surface area contributed by atoms with Gasteiger partial charge in [0.1, 0.15) is 18.8 Å².